The van der Waals surface area contributed by atoms with Gasteiger partial charge in [-0.05, 0) is 61.1 Å². The maximum absolute atomic E-state index is 11.2. The van der Waals surface area contributed by atoms with Crippen LogP contribution >= 0.6 is 12.2 Å². The zero-order valence-electron chi connectivity index (χ0n) is 13.4. The van der Waals surface area contributed by atoms with Gasteiger partial charge in [0.15, 0.2) is 16.6 Å². The molecule has 0 saturated carbocycles. The highest BCUT2D eigenvalue weighted by Crippen LogP contribution is 2.34. The molecule has 2 aromatic rings. The van der Waals surface area contributed by atoms with E-state index in [1.807, 2.05) is 25.1 Å². The van der Waals surface area contributed by atoms with E-state index < -0.39 is 10.0 Å². The number of ether oxygens (including phenoxy) is 2. The first kappa shape index (κ1) is 17.5. The normalized spacial score (nSPS) is 14.0. The number of hydrogen-bond acceptors (Lipinski definition) is 5. The monoisotopic (exact) mass is 379 g/mol. The summed E-state index contributed by atoms with van der Waals surface area (Å²) in [6, 6.07) is 11.7. The largest absolute Gasteiger partial charge is 0.454 e. The highest BCUT2D eigenvalue weighted by Gasteiger charge is 2.16. The number of nitrogens with one attached hydrogen (secondary N) is 2. The molecule has 7 nitrogen and oxygen atoms in total. The van der Waals surface area contributed by atoms with Gasteiger partial charge in [0.1, 0.15) is 0 Å². The topological polar surface area (TPSA) is 103 Å². The SMILES string of the molecule is C[C@H](NC(=S)Nc1ccc(S(N)(=O)=O)cc1)c1ccc2c(c1)OCO2. The average molecular weight is 379 g/mol. The second-order valence-corrected chi connectivity index (χ2v) is 7.47. The molecule has 2 aromatic carbocycles. The zero-order chi connectivity index (χ0) is 18.0. The lowest BCUT2D eigenvalue weighted by molar-refractivity contribution is 0.174. The summed E-state index contributed by atoms with van der Waals surface area (Å²) in [7, 11) is -3.71. The van der Waals surface area contributed by atoms with E-state index in [9.17, 15) is 8.42 Å². The molecule has 1 aliphatic rings. The summed E-state index contributed by atoms with van der Waals surface area (Å²) in [4.78, 5) is 0.0469. The fourth-order valence-electron chi connectivity index (χ4n) is 2.36. The number of anilines is 1. The number of thiocarbonyl (C=S) groups is 1. The van der Waals surface area contributed by atoms with Crippen molar-refractivity contribution in [3.8, 4) is 11.5 Å². The molecule has 0 spiro atoms. The number of primary sulfonamides is 1. The minimum absolute atomic E-state index is 0.0469. The fourth-order valence-corrected chi connectivity index (χ4v) is 3.17. The van der Waals surface area contributed by atoms with Crippen LogP contribution in [0.25, 0.3) is 0 Å². The highest BCUT2D eigenvalue weighted by atomic mass is 32.2. The molecule has 25 heavy (non-hydrogen) atoms. The number of sulfonamides is 1. The van der Waals surface area contributed by atoms with Crippen LogP contribution in [-0.4, -0.2) is 20.3 Å². The van der Waals surface area contributed by atoms with E-state index in [0.29, 0.717) is 16.5 Å². The number of hydrogen-bond donors (Lipinski definition) is 3. The number of nitrogens with two attached hydrogens (primary N) is 1. The first-order valence-electron chi connectivity index (χ1n) is 7.43. The van der Waals surface area contributed by atoms with Gasteiger partial charge in [0.2, 0.25) is 16.8 Å². The number of rotatable bonds is 4. The summed E-state index contributed by atoms with van der Waals surface area (Å²) in [6.07, 6.45) is 0. The Balaban J connectivity index is 1.62. The first-order chi connectivity index (χ1) is 11.8. The van der Waals surface area contributed by atoms with Gasteiger partial charge < -0.3 is 20.1 Å². The van der Waals surface area contributed by atoms with E-state index in [1.165, 1.54) is 12.1 Å². The maximum atomic E-state index is 11.2. The molecule has 1 atom stereocenters. The molecule has 0 radical (unpaired) electrons. The third-order valence-corrected chi connectivity index (χ3v) is 4.83. The molecule has 1 heterocycles. The van der Waals surface area contributed by atoms with Crippen molar-refractivity contribution >= 4 is 33.0 Å². The standard InChI is InChI=1S/C16H17N3O4S2/c1-10(11-2-7-14-15(8-11)23-9-22-14)18-16(24)19-12-3-5-13(6-4-12)25(17,20)21/h2-8,10H,9H2,1H3,(H2,17,20,21)(H2,18,19,24)/t10-/m0/s1. The van der Waals surface area contributed by atoms with Gasteiger partial charge in [-0.25, -0.2) is 13.6 Å². The van der Waals surface area contributed by atoms with Crippen molar-refractivity contribution in [3.63, 3.8) is 0 Å². The van der Waals surface area contributed by atoms with Crippen LogP contribution in [0.2, 0.25) is 0 Å². The van der Waals surface area contributed by atoms with E-state index in [2.05, 4.69) is 10.6 Å². The summed E-state index contributed by atoms with van der Waals surface area (Å²) in [5, 5.41) is 11.6. The Bertz CT molecular complexity index is 898. The Morgan fingerprint density at radius 2 is 1.84 bits per heavy atom. The van der Waals surface area contributed by atoms with Crippen molar-refractivity contribution in [2.45, 2.75) is 17.9 Å². The van der Waals surface area contributed by atoms with Crippen molar-refractivity contribution in [1.29, 1.82) is 0 Å². The molecule has 0 amide bonds. The smallest absolute Gasteiger partial charge is 0.238 e. The van der Waals surface area contributed by atoms with Gasteiger partial charge in [-0.3, -0.25) is 0 Å². The minimum Gasteiger partial charge on any atom is -0.454 e. The molecule has 0 unspecified atom stereocenters. The van der Waals surface area contributed by atoms with Crippen molar-refractivity contribution in [2.75, 3.05) is 12.1 Å². The van der Waals surface area contributed by atoms with Gasteiger partial charge in [-0.1, -0.05) is 6.07 Å². The lowest BCUT2D eigenvalue weighted by Gasteiger charge is -2.18. The molecule has 0 bridgehead atoms. The molecular formula is C16H17N3O4S2. The number of fused-ring (bicyclic) bond motifs is 1. The van der Waals surface area contributed by atoms with E-state index in [4.69, 9.17) is 26.8 Å². The van der Waals surface area contributed by atoms with E-state index in [-0.39, 0.29) is 17.7 Å². The van der Waals surface area contributed by atoms with Crippen LogP contribution in [0.3, 0.4) is 0 Å². The molecule has 1 aliphatic heterocycles. The third kappa shape index (κ3) is 4.19. The lowest BCUT2D eigenvalue weighted by atomic mass is 10.1. The molecule has 132 valence electrons. The Labute approximate surface area is 151 Å². The summed E-state index contributed by atoms with van der Waals surface area (Å²) >= 11 is 5.30. The summed E-state index contributed by atoms with van der Waals surface area (Å²) in [5.41, 5.74) is 1.65. The highest BCUT2D eigenvalue weighted by molar-refractivity contribution is 7.89. The van der Waals surface area contributed by atoms with Crippen molar-refractivity contribution in [1.82, 2.24) is 5.32 Å². The van der Waals surface area contributed by atoms with Crippen LogP contribution < -0.4 is 25.2 Å². The predicted octanol–water partition coefficient (Wildman–Crippen LogP) is 2.11. The Kier molecular flexibility index (Phi) is 4.80. The second-order valence-electron chi connectivity index (χ2n) is 5.50. The molecule has 0 aromatic heterocycles. The molecule has 4 N–H and O–H groups in total. The van der Waals surface area contributed by atoms with Gasteiger partial charge >= 0.3 is 0 Å². The van der Waals surface area contributed by atoms with E-state index >= 15 is 0 Å². The van der Waals surface area contributed by atoms with Gasteiger partial charge in [-0.15, -0.1) is 0 Å². The van der Waals surface area contributed by atoms with Crippen molar-refractivity contribution in [3.05, 3.63) is 48.0 Å². The Hall–Kier alpha value is -2.36. The molecule has 0 aliphatic carbocycles. The van der Waals surface area contributed by atoms with Gasteiger partial charge in [0, 0.05) is 5.69 Å². The minimum atomic E-state index is -3.71. The van der Waals surface area contributed by atoms with E-state index in [1.54, 1.807) is 12.1 Å². The first-order valence-corrected chi connectivity index (χ1v) is 9.38. The van der Waals surface area contributed by atoms with Gasteiger partial charge in [0.05, 0.1) is 10.9 Å². The van der Waals surface area contributed by atoms with Crippen molar-refractivity contribution < 1.29 is 17.9 Å². The quantitative estimate of drug-likeness (QED) is 0.699. The second kappa shape index (κ2) is 6.87. The predicted molar refractivity (Wildman–Crippen MR) is 98.2 cm³/mol. The van der Waals surface area contributed by atoms with Crippen LogP contribution in [0.1, 0.15) is 18.5 Å². The fraction of sp³-hybridized carbons (Fsp3) is 0.188. The molecule has 0 fully saturated rings. The third-order valence-electron chi connectivity index (χ3n) is 3.68. The summed E-state index contributed by atoms with van der Waals surface area (Å²) in [5.74, 6) is 1.44. The van der Waals surface area contributed by atoms with Crippen LogP contribution in [-0.2, 0) is 10.0 Å². The van der Waals surface area contributed by atoms with Crippen LogP contribution in [0, 0.1) is 0 Å². The van der Waals surface area contributed by atoms with Crippen LogP contribution in [0.5, 0.6) is 11.5 Å². The molecule has 9 heteroatoms. The Morgan fingerprint density at radius 1 is 1.16 bits per heavy atom. The average Bonchev–Trinajstić information content (AvgIpc) is 3.01. The Morgan fingerprint density at radius 3 is 2.52 bits per heavy atom. The number of benzene rings is 2. The summed E-state index contributed by atoms with van der Waals surface area (Å²) in [6.45, 7) is 2.20. The molecule has 3 rings (SSSR count). The van der Waals surface area contributed by atoms with E-state index in [0.717, 1.165) is 11.3 Å². The van der Waals surface area contributed by atoms with Gasteiger partial charge in [0.25, 0.3) is 0 Å². The van der Waals surface area contributed by atoms with Crippen LogP contribution in [0.15, 0.2) is 47.4 Å². The zero-order valence-corrected chi connectivity index (χ0v) is 15.0. The molecular weight excluding hydrogens is 362 g/mol. The van der Waals surface area contributed by atoms with Crippen LogP contribution in [0.4, 0.5) is 5.69 Å². The van der Waals surface area contributed by atoms with Gasteiger partial charge in [-0.2, -0.15) is 0 Å². The summed E-state index contributed by atoms with van der Waals surface area (Å²) < 4.78 is 33.2. The molecule has 0 saturated heterocycles. The van der Waals surface area contributed by atoms with Crippen molar-refractivity contribution in [2.24, 2.45) is 5.14 Å². The lowest BCUT2D eigenvalue weighted by Crippen LogP contribution is -2.30. The maximum Gasteiger partial charge on any atom is 0.238 e.